The van der Waals surface area contributed by atoms with Gasteiger partial charge in [-0.15, -0.1) is 0 Å². The molecule has 5 aromatic rings. The Bertz CT molecular complexity index is 2140. The van der Waals surface area contributed by atoms with Crippen molar-refractivity contribution >= 4 is 41.7 Å². The fraction of sp³-hybridized carbons (Fsp3) is 0.243. The van der Waals surface area contributed by atoms with Gasteiger partial charge in [-0.05, 0) is 77.9 Å². The van der Waals surface area contributed by atoms with Crippen molar-refractivity contribution in [3.05, 3.63) is 156 Å². The zero-order valence-electron chi connectivity index (χ0n) is 28.2. The highest BCUT2D eigenvalue weighted by molar-refractivity contribution is 8.06. The number of aromatic nitrogens is 2. The van der Waals surface area contributed by atoms with Crippen LogP contribution in [0.25, 0.3) is 0 Å². The number of aryl methyl sites for hydroxylation is 1. The van der Waals surface area contributed by atoms with Crippen LogP contribution in [0.15, 0.2) is 113 Å². The van der Waals surface area contributed by atoms with E-state index in [2.05, 4.69) is 4.98 Å². The Balaban J connectivity index is 1.41. The SMILES string of the molecule is COc1ccc(C(OC[C@H]2O[C@@H](n3cc(C)c(=O)[nH]c3=O)C[C@@H]2OP([O-])(=S)Oc2ccc(Cl)cc2Cl)(c2ccccc2)c2ccc(OC)cc2)cc1. The lowest BCUT2D eigenvalue weighted by Gasteiger charge is -2.38. The first-order valence-corrected chi connectivity index (χ1v) is 19.3. The van der Waals surface area contributed by atoms with Gasteiger partial charge in [-0.3, -0.25) is 14.3 Å². The van der Waals surface area contributed by atoms with E-state index in [9.17, 15) is 14.5 Å². The van der Waals surface area contributed by atoms with Gasteiger partial charge in [-0.25, -0.2) is 4.79 Å². The van der Waals surface area contributed by atoms with E-state index in [0.29, 0.717) is 16.5 Å². The van der Waals surface area contributed by atoms with Gasteiger partial charge in [0.2, 0.25) is 0 Å². The third-order valence-corrected chi connectivity index (χ3v) is 10.6. The number of ether oxygens (including phenoxy) is 4. The molecule has 1 saturated heterocycles. The quantitative estimate of drug-likeness (QED) is 0.104. The van der Waals surface area contributed by atoms with Crippen LogP contribution in [0.1, 0.15) is 34.9 Å². The van der Waals surface area contributed by atoms with Gasteiger partial charge in [0.1, 0.15) is 35.2 Å². The van der Waals surface area contributed by atoms with Crippen LogP contribution >= 0.6 is 29.9 Å². The van der Waals surface area contributed by atoms with Crippen LogP contribution in [0.4, 0.5) is 0 Å². The summed E-state index contributed by atoms with van der Waals surface area (Å²) < 4.78 is 37.3. The van der Waals surface area contributed by atoms with E-state index < -0.39 is 42.0 Å². The first kappa shape index (κ1) is 37.8. The lowest BCUT2D eigenvalue weighted by atomic mass is 9.80. The van der Waals surface area contributed by atoms with Gasteiger partial charge in [-0.1, -0.05) is 77.8 Å². The van der Waals surface area contributed by atoms with E-state index in [1.807, 2.05) is 78.9 Å². The van der Waals surface area contributed by atoms with Crippen LogP contribution in [-0.4, -0.2) is 42.6 Å². The maximum absolute atomic E-state index is 13.8. The van der Waals surface area contributed by atoms with Crippen molar-refractivity contribution in [3.63, 3.8) is 0 Å². The van der Waals surface area contributed by atoms with Gasteiger partial charge in [-0.2, -0.15) is 0 Å². The topological polar surface area (TPSA) is 133 Å². The summed E-state index contributed by atoms with van der Waals surface area (Å²) in [6.07, 6.45) is -1.53. The van der Waals surface area contributed by atoms with Crippen molar-refractivity contribution < 1.29 is 32.9 Å². The summed E-state index contributed by atoms with van der Waals surface area (Å²) in [6, 6.07) is 29.0. The highest BCUT2D eigenvalue weighted by Crippen LogP contribution is 2.48. The summed E-state index contributed by atoms with van der Waals surface area (Å²) in [5.41, 5.74) is 0.153. The van der Waals surface area contributed by atoms with Crippen molar-refractivity contribution in [1.82, 2.24) is 9.55 Å². The standard InChI is InChI=1S/C37H35Cl2N2O9PS/c1-23-21-41(36(43)40-35(23)42)34-20-32(50-51(44,52)49-31-18-13-27(38)19-30(31)39)33(48-34)22-47-37(24-7-5-4-6-8-24,25-9-14-28(45-2)15-10-25)26-11-16-29(46-3)17-12-26/h4-19,21,32-34H,20,22H2,1-3H3,(H,44,52)(H,40,42,43)/p-1/t32-,33+,34+,51?/m0/s1. The zero-order chi connectivity index (χ0) is 37.0. The number of nitrogens with one attached hydrogen (secondary N) is 1. The molecule has 6 rings (SSSR count). The molecule has 272 valence electrons. The largest absolute Gasteiger partial charge is 0.770 e. The maximum Gasteiger partial charge on any atom is 0.330 e. The Kier molecular flexibility index (Phi) is 11.6. The Morgan fingerprint density at radius 3 is 2.10 bits per heavy atom. The first-order chi connectivity index (χ1) is 24.9. The molecule has 0 spiro atoms. The fourth-order valence-electron chi connectivity index (χ4n) is 6.07. The number of halogens is 2. The Morgan fingerprint density at radius 1 is 0.923 bits per heavy atom. The third-order valence-electron chi connectivity index (χ3n) is 8.64. The van der Waals surface area contributed by atoms with Crippen LogP contribution in [0.3, 0.4) is 0 Å². The Hall–Kier alpha value is -3.97. The van der Waals surface area contributed by atoms with Crippen LogP contribution in [0, 0.1) is 6.92 Å². The molecule has 15 heteroatoms. The van der Waals surface area contributed by atoms with E-state index in [-0.39, 0.29) is 29.4 Å². The van der Waals surface area contributed by atoms with Gasteiger partial charge in [0.05, 0.1) is 32.0 Å². The molecular formula is C37H34Cl2N2O9PS-. The molecule has 1 N–H and O–H groups in total. The van der Waals surface area contributed by atoms with Crippen LogP contribution in [0.2, 0.25) is 10.0 Å². The number of hydrogen-bond donors (Lipinski definition) is 1. The molecule has 0 bridgehead atoms. The molecule has 0 aliphatic carbocycles. The van der Waals surface area contributed by atoms with Crippen LogP contribution in [0.5, 0.6) is 17.2 Å². The minimum Gasteiger partial charge on any atom is -0.770 e. The normalized spacial score (nSPS) is 18.5. The lowest BCUT2D eigenvalue weighted by Crippen LogP contribution is -2.39. The number of H-pyrrole nitrogens is 1. The van der Waals surface area contributed by atoms with Crippen LogP contribution < -0.4 is 30.1 Å². The smallest absolute Gasteiger partial charge is 0.330 e. The molecule has 1 fully saturated rings. The Morgan fingerprint density at radius 2 is 1.52 bits per heavy atom. The number of methoxy groups -OCH3 is 2. The van der Waals surface area contributed by atoms with E-state index >= 15 is 0 Å². The number of aromatic amines is 1. The molecule has 11 nitrogen and oxygen atoms in total. The summed E-state index contributed by atoms with van der Waals surface area (Å²) in [6.45, 7) is -2.88. The summed E-state index contributed by atoms with van der Waals surface area (Å²) in [7, 11) is 3.18. The van der Waals surface area contributed by atoms with Gasteiger partial charge in [0.25, 0.3) is 5.56 Å². The molecule has 52 heavy (non-hydrogen) atoms. The van der Waals surface area contributed by atoms with Gasteiger partial charge >= 0.3 is 5.69 Å². The summed E-state index contributed by atoms with van der Waals surface area (Å²) in [5.74, 6) is 1.32. The Labute approximate surface area is 314 Å². The summed E-state index contributed by atoms with van der Waals surface area (Å²) >= 11 is 17.7. The molecule has 0 radical (unpaired) electrons. The number of benzene rings is 4. The van der Waals surface area contributed by atoms with Crippen molar-refractivity contribution in [2.75, 3.05) is 20.8 Å². The van der Waals surface area contributed by atoms with Crippen LogP contribution in [-0.2, 0) is 31.4 Å². The average molecular weight is 785 g/mol. The average Bonchev–Trinajstić information content (AvgIpc) is 3.53. The van der Waals surface area contributed by atoms with Gasteiger partial charge in [0, 0.05) is 23.2 Å². The number of hydrogen-bond acceptors (Lipinski definition) is 10. The molecule has 4 atom stereocenters. The minimum atomic E-state index is -4.30. The molecule has 1 aliphatic heterocycles. The predicted octanol–water partition coefficient (Wildman–Crippen LogP) is 6.51. The number of rotatable bonds is 13. The van der Waals surface area contributed by atoms with Gasteiger partial charge in [0.15, 0.2) is 6.72 Å². The second-order valence-corrected chi connectivity index (χ2v) is 15.4. The molecule has 1 unspecified atom stereocenters. The monoisotopic (exact) mass is 783 g/mol. The van der Waals surface area contributed by atoms with Crippen molar-refractivity contribution in [1.29, 1.82) is 0 Å². The summed E-state index contributed by atoms with van der Waals surface area (Å²) in [4.78, 5) is 41.2. The van der Waals surface area contributed by atoms with Crippen molar-refractivity contribution in [2.24, 2.45) is 0 Å². The molecule has 0 saturated carbocycles. The van der Waals surface area contributed by atoms with Crippen molar-refractivity contribution in [2.45, 2.75) is 37.4 Å². The molecule has 2 heterocycles. The third kappa shape index (κ3) is 8.15. The first-order valence-electron chi connectivity index (χ1n) is 16.0. The molecule has 4 aromatic carbocycles. The molecule has 0 amide bonds. The van der Waals surface area contributed by atoms with Crippen molar-refractivity contribution in [3.8, 4) is 17.2 Å². The second kappa shape index (κ2) is 16.0. The highest BCUT2D eigenvalue weighted by atomic mass is 35.5. The highest BCUT2D eigenvalue weighted by Gasteiger charge is 2.44. The molecule has 1 aliphatic rings. The number of nitrogens with zero attached hydrogens (tertiary/aromatic N) is 1. The molecule has 1 aromatic heterocycles. The van der Waals surface area contributed by atoms with Gasteiger partial charge < -0.3 is 32.9 Å². The minimum absolute atomic E-state index is 0.00116. The predicted molar refractivity (Wildman–Crippen MR) is 199 cm³/mol. The zero-order valence-corrected chi connectivity index (χ0v) is 31.4. The summed E-state index contributed by atoms with van der Waals surface area (Å²) in [5, 5.41) is 0.433. The van der Waals surface area contributed by atoms with E-state index in [1.165, 1.54) is 29.0 Å². The van der Waals surface area contributed by atoms with E-state index in [1.54, 1.807) is 21.1 Å². The lowest BCUT2D eigenvalue weighted by molar-refractivity contribution is -0.205. The van der Waals surface area contributed by atoms with E-state index in [0.717, 1.165) is 16.7 Å². The van der Waals surface area contributed by atoms with E-state index in [4.69, 9.17) is 63.0 Å². The molecular weight excluding hydrogens is 750 g/mol. The second-order valence-electron chi connectivity index (χ2n) is 11.9. The maximum atomic E-state index is 13.8. The fourth-order valence-corrected chi connectivity index (χ4v) is 8.14.